The smallest absolute Gasteiger partial charge is 0.00598 e. The van der Waals surface area contributed by atoms with Gasteiger partial charge in [0.1, 0.15) is 0 Å². The predicted octanol–water partition coefficient (Wildman–Crippen LogP) is 2.59. The third kappa shape index (κ3) is 2.46. The Labute approximate surface area is 93.6 Å². The second kappa shape index (κ2) is 4.97. The van der Waals surface area contributed by atoms with Gasteiger partial charge in [0.2, 0.25) is 0 Å². The minimum atomic E-state index is 0. The summed E-state index contributed by atoms with van der Waals surface area (Å²) in [5.41, 5.74) is 0. The Kier molecular flexibility index (Phi) is 4.55. The van der Waals surface area contributed by atoms with Crippen LogP contribution in [-0.4, -0.2) is 18.4 Å². The van der Waals surface area contributed by atoms with Crippen LogP contribution in [0.1, 0.15) is 19.3 Å². The molecule has 3 heteroatoms. The zero-order valence-corrected chi connectivity index (χ0v) is 10.6. The van der Waals surface area contributed by atoms with Crippen molar-refractivity contribution in [2.24, 2.45) is 17.8 Å². The van der Waals surface area contributed by atoms with Crippen LogP contribution in [0.2, 0.25) is 0 Å². The Morgan fingerprint density at radius 2 is 1.67 bits per heavy atom. The van der Waals surface area contributed by atoms with E-state index in [4.69, 9.17) is 0 Å². The summed E-state index contributed by atoms with van der Waals surface area (Å²) in [6.45, 7) is 2.56. The molecule has 1 heterocycles. The molecule has 0 aromatic heterocycles. The van der Waals surface area contributed by atoms with Gasteiger partial charge in [0.25, 0.3) is 0 Å². The molecule has 0 aromatic rings. The third-order valence-corrected chi connectivity index (χ3v) is 4.00. The molecule has 2 atom stereocenters. The molecule has 1 aliphatic carbocycles. The monoisotopic (exact) mass is 297 g/mol. The molecule has 72 valence electrons. The number of piperidine rings is 1. The standard InChI is InChI=1S/C9H16BrN.BrH/c10-4-7-1-8-3-9(2-7)6-11-5-8;/h7-9,11H,1-6H2;1H. The predicted molar refractivity (Wildman–Crippen MR) is 61.3 cm³/mol. The normalized spacial score (nSPS) is 40.2. The molecule has 2 unspecified atom stereocenters. The first-order chi connectivity index (χ1) is 5.38. The minimum absolute atomic E-state index is 0. The summed E-state index contributed by atoms with van der Waals surface area (Å²) in [5, 5.41) is 4.74. The van der Waals surface area contributed by atoms with Crippen LogP contribution in [0, 0.1) is 17.8 Å². The lowest BCUT2D eigenvalue weighted by molar-refractivity contribution is 0.164. The van der Waals surface area contributed by atoms with Gasteiger partial charge in [0.05, 0.1) is 0 Å². The fraction of sp³-hybridized carbons (Fsp3) is 1.00. The van der Waals surface area contributed by atoms with E-state index in [1.165, 1.54) is 37.7 Å². The Morgan fingerprint density at radius 3 is 2.17 bits per heavy atom. The van der Waals surface area contributed by atoms with Gasteiger partial charge < -0.3 is 5.32 Å². The molecule has 1 saturated carbocycles. The van der Waals surface area contributed by atoms with Crippen LogP contribution < -0.4 is 5.32 Å². The average molecular weight is 299 g/mol. The lowest BCUT2D eigenvalue weighted by Gasteiger charge is -2.38. The molecule has 2 bridgehead atoms. The second-order valence-electron chi connectivity index (χ2n) is 4.12. The van der Waals surface area contributed by atoms with Crippen molar-refractivity contribution in [3.05, 3.63) is 0 Å². The van der Waals surface area contributed by atoms with E-state index >= 15 is 0 Å². The second-order valence-corrected chi connectivity index (χ2v) is 4.77. The first kappa shape index (κ1) is 11.0. The number of alkyl halides is 1. The number of hydrogen-bond donors (Lipinski definition) is 1. The summed E-state index contributed by atoms with van der Waals surface area (Å²) in [7, 11) is 0. The topological polar surface area (TPSA) is 12.0 Å². The molecule has 1 aliphatic heterocycles. The lowest BCUT2D eigenvalue weighted by atomic mass is 9.74. The Morgan fingerprint density at radius 1 is 1.08 bits per heavy atom. The van der Waals surface area contributed by atoms with E-state index in [-0.39, 0.29) is 17.0 Å². The number of nitrogens with one attached hydrogen (secondary N) is 1. The van der Waals surface area contributed by atoms with E-state index in [1.807, 2.05) is 0 Å². The highest BCUT2D eigenvalue weighted by atomic mass is 79.9. The molecule has 12 heavy (non-hydrogen) atoms. The van der Waals surface area contributed by atoms with E-state index < -0.39 is 0 Å². The number of hydrogen-bond acceptors (Lipinski definition) is 1. The van der Waals surface area contributed by atoms with Crippen LogP contribution in [0.25, 0.3) is 0 Å². The molecule has 1 N–H and O–H groups in total. The maximum atomic E-state index is 3.60. The first-order valence-electron chi connectivity index (χ1n) is 4.65. The van der Waals surface area contributed by atoms with Gasteiger partial charge in [-0.1, -0.05) is 15.9 Å². The van der Waals surface area contributed by atoms with Crippen molar-refractivity contribution in [1.29, 1.82) is 0 Å². The zero-order valence-electron chi connectivity index (χ0n) is 7.26. The zero-order chi connectivity index (χ0) is 7.68. The van der Waals surface area contributed by atoms with Crippen LogP contribution in [0.4, 0.5) is 0 Å². The summed E-state index contributed by atoms with van der Waals surface area (Å²) in [6, 6.07) is 0. The summed E-state index contributed by atoms with van der Waals surface area (Å²) in [5.74, 6) is 2.95. The fourth-order valence-electron chi connectivity index (χ4n) is 2.65. The molecule has 2 fully saturated rings. The highest BCUT2D eigenvalue weighted by Gasteiger charge is 2.30. The van der Waals surface area contributed by atoms with Crippen molar-refractivity contribution in [3.8, 4) is 0 Å². The summed E-state index contributed by atoms with van der Waals surface area (Å²) < 4.78 is 0. The summed E-state index contributed by atoms with van der Waals surface area (Å²) in [6.07, 6.45) is 4.40. The molecule has 2 rings (SSSR count). The lowest BCUT2D eigenvalue weighted by Crippen LogP contribution is -2.41. The van der Waals surface area contributed by atoms with Crippen LogP contribution in [0.5, 0.6) is 0 Å². The minimum Gasteiger partial charge on any atom is -0.316 e. The van der Waals surface area contributed by atoms with E-state index in [9.17, 15) is 0 Å². The van der Waals surface area contributed by atoms with E-state index in [0.29, 0.717) is 0 Å². The largest absolute Gasteiger partial charge is 0.316 e. The van der Waals surface area contributed by atoms with Crippen LogP contribution in [0.3, 0.4) is 0 Å². The SMILES string of the molecule is Br.BrCC1CC2CNCC(C1)C2. The maximum Gasteiger partial charge on any atom is 0.00598 e. The average Bonchev–Trinajstić information content (AvgIpc) is 2.03. The molecule has 0 aromatic carbocycles. The van der Waals surface area contributed by atoms with E-state index in [0.717, 1.165) is 17.8 Å². The quantitative estimate of drug-likeness (QED) is 0.734. The maximum absolute atomic E-state index is 3.60. The van der Waals surface area contributed by atoms with Gasteiger partial charge >= 0.3 is 0 Å². The van der Waals surface area contributed by atoms with E-state index in [2.05, 4.69) is 21.2 Å². The molecule has 1 nitrogen and oxygen atoms in total. The van der Waals surface area contributed by atoms with Crippen LogP contribution in [-0.2, 0) is 0 Å². The van der Waals surface area contributed by atoms with Gasteiger partial charge in [-0.3, -0.25) is 0 Å². The highest BCUT2D eigenvalue weighted by Crippen LogP contribution is 2.35. The van der Waals surface area contributed by atoms with Crippen molar-refractivity contribution >= 4 is 32.9 Å². The third-order valence-electron chi connectivity index (χ3n) is 3.08. The summed E-state index contributed by atoms with van der Waals surface area (Å²) >= 11 is 3.60. The van der Waals surface area contributed by atoms with Crippen molar-refractivity contribution in [2.75, 3.05) is 18.4 Å². The van der Waals surface area contributed by atoms with Gasteiger partial charge in [-0.15, -0.1) is 17.0 Å². The molecule has 0 amide bonds. The van der Waals surface area contributed by atoms with E-state index in [1.54, 1.807) is 0 Å². The van der Waals surface area contributed by atoms with Gasteiger partial charge in [-0.25, -0.2) is 0 Å². The Bertz CT molecular complexity index is 128. The number of rotatable bonds is 1. The summed E-state index contributed by atoms with van der Waals surface area (Å²) in [4.78, 5) is 0. The van der Waals surface area contributed by atoms with Gasteiger partial charge in [0.15, 0.2) is 0 Å². The van der Waals surface area contributed by atoms with Crippen molar-refractivity contribution in [2.45, 2.75) is 19.3 Å². The Balaban J connectivity index is 0.000000720. The molecular weight excluding hydrogens is 282 g/mol. The highest BCUT2D eigenvalue weighted by molar-refractivity contribution is 9.09. The molecular formula is C9H17Br2N. The van der Waals surface area contributed by atoms with Gasteiger partial charge in [0, 0.05) is 5.33 Å². The van der Waals surface area contributed by atoms with Crippen molar-refractivity contribution in [3.63, 3.8) is 0 Å². The van der Waals surface area contributed by atoms with Gasteiger partial charge in [-0.05, 0) is 50.1 Å². The van der Waals surface area contributed by atoms with Crippen molar-refractivity contribution < 1.29 is 0 Å². The molecule has 0 spiro atoms. The van der Waals surface area contributed by atoms with Crippen LogP contribution >= 0.6 is 32.9 Å². The molecule has 2 aliphatic rings. The first-order valence-corrected chi connectivity index (χ1v) is 5.77. The number of halogens is 2. The Hall–Kier alpha value is 0.920. The van der Waals surface area contributed by atoms with Gasteiger partial charge in [-0.2, -0.15) is 0 Å². The fourth-order valence-corrected chi connectivity index (χ4v) is 3.18. The molecule has 1 saturated heterocycles. The molecule has 0 radical (unpaired) electrons. The van der Waals surface area contributed by atoms with Crippen molar-refractivity contribution in [1.82, 2.24) is 5.32 Å². The number of fused-ring (bicyclic) bond motifs is 2. The van der Waals surface area contributed by atoms with Crippen LogP contribution in [0.15, 0.2) is 0 Å².